The molecule has 0 saturated carbocycles. The molecule has 0 aliphatic rings. The van der Waals surface area contributed by atoms with Crippen molar-refractivity contribution in [3.8, 4) is 11.5 Å². The highest BCUT2D eigenvalue weighted by Crippen LogP contribution is 2.30. The maximum Gasteiger partial charge on any atom is 0.312 e. The first-order valence-corrected chi connectivity index (χ1v) is 11.2. The SMILES string of the molecule is COc1cc(/C(C)=N/NC(=O)C(C)n2nc(C)c([N+](=O)[O-])c2C)ccc1OCc1c(F)cccc1Cl. The van der Waals surface area contributed by atoms with Crippen molar-refractivity contribution < 1.29 is 23.6 Å². The molecule has 1 aromatic heterocycles. The molecular weight excluding hydrogens is 493 g/mol. The van der Waals surface area contributed by atoms with Crippen molar-refractivity contribution in [2.75, 3.05) is 7.11 Å². The van der Waals surface area contributed by atoms with Gasteiger partial charge in [-0.3, -0.25) is 19.6 Å². The van der Waals surface area contributed by atoms with Gasteiger partial charge in [0, 0.05) is 11.1 Å². The van der Waals surface area contributed by atoms with E-state index in [0.717, 1.165) is 0 Å². The van der Waals surface area contributed by atoms with E-state index < -0.39 is 22.7 Å². The van der Waals surface area contributed by atoms with Gasteiger partial charge in [0.05, 0.1) is 22.8 Å². The van der Waals surface area contributed by atoms with Gasteiger partial charge >= 0.3 is 5.69 Å². The van der Waals surface area contributed by atoms with Gasteiger partial charge in [-0.1, -0.05) is 17.7 Å². The Morgan fingerprint density at radius 2 is 2.03 bits per heavy atom. The molecule has 0 saturated heterocycles. The first kappa shape index (κ1) is 26.6. The Kier molecular flexibility index (Phi) is 8.25. The van der Waals surface area contributed by atoms with Crippen LogP contribution in [0.2, 0.25) is 5.02 Å². The Hall–Kier alpha value is -3.99. The molecule has 0 fully saturated rings. The summed E-state index contributed by atoms with van der Waals surface area (Å²) in [6.45, 7) is 6.22. The van der Waals surface area contributed by atoms with Crippen LogP contribution in [-0.2, 0) is 11.4 Å². The molecule has 0 aliphatic heterocycles. The van der Waals surface area contributed by atoms with Crippen LogP contribution in [0, 0.1) is 29.8 Å². The molecule has 0 spiro atoms. The predicted octanol–water partition coefficient (Wildman–Crippen LogP) is 4.89. The van der Waals surface area contributed by atoms with Crippen molar-refractivity contribution in [2.24, 2.45) is 5.10 Å². The fourth-order valence-corrected chi connectivity index (χ4v) is 3.75. The van der Waals surface area contributed by atoms with Crippen LogP contribution >= 0.6 is 11.6 Å². The van der Waals surface area contributed by atoms with E-state index in [1.54, 1.807) is 38.1 Å². The zero-order valence-electron chi connectivity index (χ0n) is 20.3. The molecule has 10 nitrogen and oxygen atoms in total. The highest BCUT2D eigenvalue weighted by atomic mass is 35.5. The quantitative estimate of drug-likeness (QED) is 0.245. The average Bonchev–Trinajstić information content (AvgIpc) is 3.15. The van der Waals surface area contributed by atoms with E-state index in [-0.39, 0.29) is 34.3 Å². The molecular formula is C24H25ClFN5O5. The lowest BCUT2D eigenvalue weighted by Gasteiger charge is -2.14. The third-order valence-corrected chi connectivity index (χ3v) is 5.92. The zero-order valence-corrected chi connectivity index (χ0v) is 21.1. The van der Waals surface area contributed by atoms with Crippen molar-refractivity contribution >= 4 is 28.9 Å². The number of hydrazone groups is 1. The number of hydrogen-bond acceptors (Lipinski definition) is 7. The number of amides is 1. The second-order valence-corrected chi connectivity index (χ2v) is 8.33. The van der Waals surface area contributed by atoms with Crippen LogP contribution in [-0.4, -0.2) is 33.4 Å². The van der Waals surface area contributed by atoms with Crippen molar-refractivity contribution in [1.29, 1.82) is 0 Å². The summed E-state index contributed by atoms with van der Waals surface area (Å²) in [6, 6.07) is 8.58. The third kappa shape index (κ3) is 5.62. The second-order valence-electron chi connectivity index (χ2n) is 7.92. The summed E-state index contributed by atoms with van der Waals surface area (Å²) in [5, 5.41) is 19.7. The van der Waals surface area contributed by atoms with Crippen LogP contribution in [0.25, 0.3) is 0 Å². The van der Waals surface area contributed by atoms with Crippen LogP contribution in [0.4, 0.5) is 10.1 Å². The standard InChI is InChI=1S/C24H25ClFN5O5/c1-13(27-28-24(32)16(4)30-15(3)23(31(33)34)14(2)29-30)17-9-10-21(22(11-17)35-5)36-12-18-19(25)7-6-8-20(18)26/h6-11,16H,12H2,1-5H3,(H,28,32)/b27-13+. The molecule has 1 heterocycles. The topological polar surface area (TPSA) is 121 Å². The van der Waals surface area contributed by atoms with Crippen molar-refractivity contribution in [1.82, 2.24) is 15.2 Å². The van der Waals surface area contributed by atoms with Gasteiger partial charge in [0.15, 0.2) is 11.5 Å². The number of halogens is 2. The number of carbonyl (C=O) groups is 1. The Labute approximate surface area is 211 Å². The fraction of sp³-hybridized carbons (Fsp3) is 0.292. The number of nitrogens with one attached hydrogen (secondary N) is 1. The highest BCUT2D eigenvalue weighted by molar-refractivity contribution is 6.31. The first-order valence-electron chi connectivity index (χ1n) is 10.8. The van der Waals surface area contributed by atoms with E-state index in [4.69, 9.17) is 21.1 Å². The molecule has 1 amide bonds. The van der Waals surface area contributed by atoms with Crippen LogP contribution in [0.15, 0.2) is 41.5 Å². The number of nitro groups is 1. The summed E-state index contributed by atoms with van der Waals surface area (Å²) < 4.78 is 26.4. The largest absolute Gasteiger partial charge is 0.493 e. The lowest BCUT2D eigenvalue weighted by molar-refractivity contribution is -0.386. The molecule has 3 aromatic rings. The Morgan fingerprint density at radius 3 is 2.64 bits per heavy atom. The molecule has 190 valence electrons. The molecule has 3 rings (SSSR count). The smallest absolute Gasteiger partial charge is 0.312 e. The van der Waals surface area contributed by atoms with E-state index >= 15 is 0 Å². The molecule has 1 N–H and O–H groups in total. The number of rotatable bonds is 9. The van der Waals surface area contributed by atoms with E-state index in [1.165, 1.54) is 37.8 Å². The van der Waals surface area contributed by atoms with Crippen LogP contribution in [0.5, 0.6) is 11.5 Å². The van der Waals surface area contributed by atoms with Crippen molar-refractivity contribution in [3.63, 3.8) is 0 Å². The van der Waals surface area contributed by atoms with Gasteiger partial charge in [0.25, 0.3) is 5.91 Å². The minimum Gasteiger partial charge on any atom is -0.493 e. The predicted molar refractivity (Wildman–Crippen MR) is 132 cm³/mol. The van der Waals surface area contributed by atoms with Crippen LogP contribution in [0.3, 0.4) is 0 Å². The maximum absolute atomic E-state index is 14.0. The summed E-state index contributed by atoms with van der Waals surface area (Å²) in [4.78, 5) is 23.3. The number of carbonyl (C=O) groups excluding carboxylic acids is 1. The molecule has 12 heteroatoms. The van der Waals surface area contributed by atoms with E-state index in [0.29, 0.717) is 22.8 Å². The molecule has 0 aliphatic carbocycles. The lowest BCUT2D eigenvalue weighted by Crippen LogP contribution is -2.29. The second kappa shape index (κ2) is 11.2. The summed E-state index contributed by atoms with van der Waals surface area (Å²) in [5.41, 5.74) is 4.18. The minimum absolute atomic E-state index is 0.0906. The number of ether oxygens (including phenoxy) is 2. The fourth-order valence-electron chi connectivity index (χ4n) is 3.54. The van der Waals surface area contributed by atoms with Crippen molar-refractivity contribution in [2.45, 2.75) is 40.3 Å². The highest BCUT2D eigenvalue weighted by Gasteiger charge is 2.27. The Bertz CT molecular complexity index is 1320. The number of methoxy groups -OCH3 is 1. The number of benzene rings is 2. The molecule has 1 atom stereocenters. The van der Waals surface area contributed by atoms with Gasteiger partial charge in [-0.15, -0.1) is 0 Å². The van der Waals surface area contributed by atoms with Crippen LogP contribution in [0.1, 0.15) is 42.4 Å². The summed E-state index contributed by atoms with van der Waals surface area (Å²) in [6.07, 6.45) is 0. The minimum atomic E-state index is -0.829. The van der Waals surface area contributed by atoms with E-state index in [9.17, 15) is 19.3 Å². The number of aryl methyl sites for hydroxylation is 1. The van der Waals surface area contributed by atoms with Gasteiger partial charge in [0.1, 0.15) is 29.9 Å². The van der Waals surface area contributed by atoms with Gasteiger partial charge in [-0.25, -0.2) is 9.82 Å². The molecule has 1 unspecified atom stereocenters. The summed E-state index contributed by atoms with van der Waals surface area (Å²) in [5.74, 6) is -0.217. The van der Waals surface area contributed by atoms with Gasteiger partial charge in [0.2, 0.25) is 0 Å². The number of nitrogens with zero attached hydrogens (tertiary/aromatic N) is 4. The Balaban J connectivity index is 1.72. The average molecular weight is 518 g/mol. The molecule has 2 aromatic carbocycles. The number of hydrogen-bond donors (Lipinski definition) is 1. The molecule has 36 heavy (non-hydrogen) atoms. The summed E-state index contributed by atoms with van der Waals surface area (Å²) in [7, 11) is 1.46. The Morgan fingerprint density at radius 1 is 1.31 bits per heavy atom. The van der Waals surface area contributed by atoms with E-state index in [2.05, 4.69) is 15.6 Å². The van der Waals surface area contributed by atoms with Gasteiger partial charge in [-0.05, 0) is 58.0 Å². The lowest BCUT2D eigenvalue weighted by atomic mass is 10.1. The normalized spacial score (nSPS) is 12.2. The monoisotopic (exact) mass is 517 g/mol. The maximum atomic E-state index is 14.0. The molecule has 0 bridgehead atoms. The van der Waals surface area contributed by atoms with E-state index in [1.807, 2.05) is 0 Å². The summed E-state index contributed by atoms with van der Waals surface area (Å²) >= 11 is 6.05. The van der Waals surface area contributed by atoms with Gasteiger partial charge < -0.3 is 9.47 Å². The number of aromatic nitrogens is 2. The molecule has 0 radical (unpaired) electrons. The van der Waals surface area contributed by atoms with Gasteiger partial charge in [-0.2, -0.15) is 10.2 Å². The first-order chi connectivity index (χ1) is 17.0. The third-order valence-electron chi connectivity index (χ3n) is 5.56. The van der Waals surface area contributed by atoms with Crippen molar-refractivity contribution in [3.05, 3.63) is 79.9 Å². The van der Waals surface area contributed by atoms with Crippen LogP contribution < -0.4 is 14.9 Å². The zero-order chi connectivity index (χ0) is 26.6.